The maximum absolute atomic E-state index is 5.63. The van der Waals surface area contributed by atoms with E-state index in [1.165, 1.54) is 24.8 Å². The molecule has 1 aromatic heterocycles. The molecule has 2 aromatic carbocycles. The van der Waals surface area contributed by atoms with Crippen LogP contribution >= 0.6 is 0 Å². The Hall–Kier alpha value is -2.86. The maximum Gasteiger partial charge on any atom is 0.254 e. The molecule has 1 aliphatic carbocycles. The fraction of sp³-hybridized carbons (Fsp3) is 0.440. The van der Waals surface area contributed by atoms with Crippen LogP contribution in [0, 0.1) is 12.8 Å². The minimum absolute atomic E-state index is 0.214. The Bertz CT molecular complexity index is 937. The number of benzene rings is 2. The molecular weight excluding hydrogens is 390 g/mol. The molecule has 0 N–H and O–H groups in total. The van der Waals surface area contributed by atoms with Crippen molar-refractivity contribution in [1.82, 2.24) is 15.1 Å². The smallest absolute Gasteiger partial charge is 0.254 e. The molecule has 4 rings (SSSR count). The first-order chi connectivity index (χ1) is 14.9. The molecule has 1 heterocycles. The van der Waals surface area contributed by atoms with E-state index in [2.05, 4.69) is 36.1 Å². The van der Waals surface area contributed by atoms with Crippen LogP contribution in [0.5, 0.6) is 11.5 Å². The van der Waals surface area contributed by atoms with Gasteiger partial charge in [0.15, 0.2) is 6.61 Å². The first-order valence-electron chi connectivity index (χ1n) is 10.8. The third-order valence-corrected chi connectivity index (χ3v) is 5.57. The highest BCUT2D eigenvalue weighted by Gasteiger charge is 2.22. The molecule has 6 nitrogen and oxygen atoms in total. The molecule has 31 heavy (non-hydrogen) atoms. The van der Waals surface area contributed by atoms with E-state index < -0.39 is 0 Å². The van der Waals surface area contributed by atoms with Crippen LogP contribution in [0.2, 0.25) is 0 Å². The molecule has 0 saturated heterocycles. The van der Waals surface area contributed by atoms with Crippen molar-refractivity contribution >= 4 is 0 Å². The second kappa shape index (κ2) is 11.0. The average molecular weight is 424 g/mol. The molecule has 2 atom stereocenters. The Kier molecular flexibility index (Phi) is 8.06. The first-order valence-corrected chi connectivity index (χ1v) is 10.8. The zero-order valence-corrected chi connectivity index (χ0v) is 19.2. The topological polar surface area (TPSA) is 60.6 Å². The second-order valence-electron chi connectivity index (χ2n) is 8.37. The molecule has 0 bridgehead atoms. The molecule has 6 heteroatoms. The second-order valence-corrected chi connectivity index (χ2v) is 8.37. The molecule has 1 aliphatic rings. The van der Waals surface area contributed by atoms with Crippen molar-refractivity contribution in [2.45, 2.75) is 45.8 Å². The summed E-state index contributed by atoms with van der Waals surface area (Å²) in [5, 5.41) is 8.04. The lowest BCUT2D eigenvalue weighted by atomic mass is 10.1. The number of hydrogen-bond acceptors (Lipinski definition) is 6. The monoisotopic (exact) mass is 423 g/mol. The number of aryl methyl sites for hydroxylation is 1. The summed E-state index contributed by atoms with van der Waals surface area (Å²) < 4.78 is 16.4. The fourth-order valence-electron chi connectivity index (χ4n) is 3.61. The molecule has 0 radical (unpaired) electrons. The summed E-state index contributed by atoms with van der Waals surface area (Å²) in [6.07, 6.45) is 4.25. The zero-order chi connectivity index (χ0) is 22.2. The van der Waals surface area contributed by atoms with Gasteiger partial charge in [0.25, 0.3) is 5.89 Å². The van der Waals surface area contributed by atoms with E-state index in [0.29, 0.717) is 17.5 Å². The van der Waals surface area contributed by atoms with Crippen molar-refractivity contribution < 1.29 is 13.9 Å². The Morgan fingerprint density at radius 2 is 1.77 bits per heavy atom. The van der Waals surface area contributed by atoms with Crippen LogP contribution in [0.3, 0.4) is 0 Å². The molecular formula is C25H33N3O3. The normalized spacial score (nSPS) is 17.9. The van der Waals surface area contributed by atoms with Gasteiger partial charge >= 0.3 is 0 Å². The number of rotatable bonds is 6. The number of aromatic nitrogens is 2. The van der Waals surface area contributed by atoms with Crippen LogP contribution in [0.4, 0.5) is 0 Å². The van der Waals surface area contributed by atoms with E-state index in [0.717, 1.165) is 23.3 Å². The van der Waals surface area contributed by atoms with E-state index in [9.17, 15) is 0 Å². The largest absolute Gasteiger partial charge is 0.497 e. The van der Waals surface area contributed by atoms with E-state index >= 15 is 0 Å². The van der Waals surface area contributed by atoms with Gasteiger partial charge in [-0.25, -0.2) is 0 Å². The fourth-order valence-corrected chi connectivity index (χ4v) is 3.61. The summed E-state index contributed by atoms with van der Waals surface area (Å²) in [6, 6.07) is 16.2. The van der Waals surface area contributed by atoms with Gasteiger partial charge in [-0.3, -0.25) is 0 Å². The summed E-state index contributed by atoms with van der Waals surface area (Å²) in [5.41, 5.74) is 2.08. The van der Waals surface area contributed by atoms with Gasteiger partial charge in [0.2, 0.25) is 5.89 Å². The molecule has 166 valence electrons. The maximum atomic E-state index is 5.63. The highest BCUT2D eigenvalue weighted by atomic mass is 16.5. The standard InChI is InChI=1S/C17H16N2O3.C8H17N/c1-12-6-8-13(9-7-12)17-19-18-16(22-17)11-21-15-5-3-4-14(10-15)20-2;1-7-4-5-8(6-7)9(2)3/h3-10H,11H2,1-2H3;7-8H,4-6H2,1-3H3. The van der Waals surface area contributed by atoms with Gasteiger partial charge in [-0.15, -0.1) is 10.2 Å². The van der Waals surface area contributed by atoms with Crippen LogP contribution in [-0.4, -0.2) is 42.3 Å². The van der Waals surface area contributed by atoms with Crippen molar-refractivity contribution in [2.24, 2.45) is 5.92 Å². The third-order valence-electron chi connectivity index (χ3n) is 5.57. The Morgan fingerprint density at radius 3 is 2.39 bits per heavy atom. The molecule has 3 aromatic rings. The Balaban J connectivity index is 0.000000254. The molecule has 0 spiro atoms. The minimum Gasteiger partial charge on any atom is -0.497 e. The predicted octanol–water partition coefficient (Wildman–Crippen LogP) is 5.37. The summed E-state index contributed by atoms with van der Waals surface area (Å²) in [7, 11) is 5.98. The van der Waals surface area contributed by atoms with Crippen molar-refractivity contribution in [2.75, 3.05) is 21.2 Å². The number of nitrogens with zero attached hydrogens (tertiary/aromatic N) is 3. The van der Waals surface area contributed by atoms with Gasteiger partial charge in [-0.05, 0) is 70.5 Å². The highest BCUT2D eigenvalue weighted by molar-refractivity contribution is 5.52. The third kappa shape index (κ3) is 6.82. The molecule has 2 unspecified atom stereocenters. The molecule has 1 fully saturated rings. The Labute approximate surface area is 185 Å². The first kappa shape index (κ1) is 22.8. The molecule has 0 aliphatic heterocycles. The quantitative estimate of drug-likeness (QED) is 0.531. The van der Waals surface area contributed by atoms with Gasteiger partial charge in [0.1, 0.15) is 11.5 Å². The lowest BCUT2D eigenvalue weighted by Crippen LogP contribution is -2.24. The van der Waals surface area contributed by atoms with Crippen LogP contribution in [-0.2, 0) is 6.61 Å². The van der Waals surface area contributed by atoms with Gasteiger partial charge in [-0.1, -0.05) is 30.7 Å². The van der Waals surface area contributed by atoms with Crippen molar-refractivity contribution in [3.05, 3.63) is 60.0 Å². The van der Waals surface area contributed by atoms with Gasteiger partial charge in [-0.2, -0.15) is 0 Å². The van der Waals surface area contributed by atoms with Crippen LogP contribution in [0.25, 0.3) is 11.5 Å². The van der Waals surface area contributed by atoms with Gasteiger partial charge in [0.05, 0.1) is 7.11 Å². The lowest BCUT2D eigenvalue weighted by molar-refractivity contribution is 0.263. The lowest BCUT2D eigenvalue weighted by Gasteiger charge is -2.17. The summed E-state index contributed by atoms with van der Waals surface area (Å²) in [6.45, 7) is 4.60. The highest BCUT2D eigenvalue weighted by Crippen LogP contribution is 2.27. The van der Waals surface area contributed by atoms with Gasteiger partial charge in [0, 0.05) is 17.7 Å². The molecule has 0 amide bonds. The predicted molar refractivity (Wildman–Crippen MR) is 122 cm³/mol. The van der Waals surface area contributed by atoms with Crippen LogP contribution < -0.4 is 9.47 Å². The van der Waals surface area contributed by atoms with E-state index in [1.54, 1.807) is 13.2 Å². The van der Waals surface area contributed by atoms with E-state index in [1.807, 2.05) is 49.4 Å². The van der Waals surface area contributed by atoms with Crippen molar-refractivity contribution in [1.29, 1.82) is 0 Å². The number of ether oxygens (including phenoxy) is 2. The number of methoxy groups -OCH3 is 1. The summed E-state index contributed by atoms with van der Waals surface area (Å²) >= 11 is 0. The zero-order valence-electron chi connectivity index (χ0n) is 19.2. The van der Waals surface area contributed by atoms with Crippen LogP contribution in [0.15, 0.2) is 52.9 Å². The number of hydrogen-bond donors (Lipinski definition) is 0. The Morgan fingerprint density at radius 1 is 1.03 bits per heavy atom. The van der Waals surface area contributed by atoms with Crippen LogP contribution in [0.1, 0.15) is 37.6 Å². The van der Waals surface area contributed by atoms with E-state index in [4.69, 9.17) is 13.9 Å². The van der Waals surface area contributed by atoms with E-state index in [-0.39, 0.29) is 6.61 Å². The minimum atomic E-state index is 0.214. The SMILES string of the molecule is CC1CCC(N(C)C)C1.COc1cccc(OCc2nnc(-c3ccc(C)cc3)o2)c1. The summed E-state index contributed by atoms with van der Waals surface area (Å²) in [4.78, 5) is 2.35. The van der Waals surface area contributed by atoms with Crippen molar-refractivity contribution in [3.8, 4) is 23.0 Å². The van der Waals surface area contributed by atoms with Gasteiger partial charge < -0.3 is 18.8 Å². The molecule has 1 saturated carbocycles. The average Bonchev–Trinajstić information content (AvgIpc) is 3.43. The van der Waals surface area contributed by atoms with Crippen molar-refractivity contribution in [3.63, 3.8) is 0 Å². The summed E-state index contributed by atoms with van der Waals surface area (Å²) in [5.74, 6) is 3.32.